The Bertz CT molecular complexity index is 1000. The summed E-state index contributed by atoms with van der Waals surface area (Å²) >= 11 is 0. The van der Waals surface area contributed by atoms with Crippen LogP contribution in [-0.2, 0) is 0 Å². The van der Waals surface area contributed by atoms with Gasteiger partial charge in [-0.2, -0.15) is 0 Å². The summed E-state index contributed by atoms with van der Waals surface area (Å²) in [6.07, 6.45) is 11.0. The van der Waals surface area contributed by atoms with Crippen molar-refractivity contribution in [1.82, 2.24) is 0 Å². The van der Waals surface area contributed by atoms with Crippen LogP contribution in [0, 0.1) is 22.7 Å². The molecule has 2 N–H and O–H groups in total. The minimum atomic E-state index is -0.928. The molecule has 0 radical (unpaired) electrons. The van der Waals surface area contributed by atoms with E-state index in [0.29, 0.717) is 17.8 Å². The summed E-state index contributed by atoms with van der Waals surface area (Å²) in [5.41, 5.74) is -0.134. The van der Waals surface area contributed by atoms with Crippen molar-refractivity contribution < 1.29 is 14.9 Å². The quantitative estimate of drug-likeness (QED) is 0.425. The standard InChI is InChI=1S/C32H44O3/c1-29(2)19-9-20-31(4)27(29)18-23-32(5,34)28(31)17-22-30(3,33)21-16-24-12-14-26(15-13-24)35-25-10-7-6-8-11-25/h6-8,10-16,21,27-28,33-34H,9,17-20,22-23H2,1-5H3/b21-16+/t27-,28+,30-,31-,32+/m0/s1. The number of aliphatic hydroxyl groups is 2. The van der Waals surface area contributed by atoms with Crippen LogP contribution in [0.4, 0.5) is 0 Å². The lowest BCUT2D eigenvalue weighted by Gasteiger charge is -2.61. The molecule has 0 heterocycles. The van der Waals surface area contributed by atoms with Crippen molar-refractivity contribution in [1.29, 1.82) is 0 Å². The molecule has 0 unspecified atom stereocenters. The Balaban J connectivity index is 1.41. The third-order valence-corrected chi connectivity index (χ3v) is 9.19. The molecule has 0 spiro atoms. The van der Waals surface area contributed by atoms with Gasteiger partial charge in [0.1, 0.15) is 11.5 Å². The zero-order valence-corrected chi connectivity index (χ0v) is 22.3. The second-order valence-electron chi connectivity index (χ2n) is 12.6. The van der Waals surface area contributed by atoms with Crippen molar-refractivity contribution in [2.45, 2.75) is 90.8 Å². The van der Waals surface area contributed by atoms with Crippen LogP contribution in [0.2, 0.25) is 0 Å². The van der Waals surface area contributed by atoms with E-state index in [1.165, 1.54) is 19.3 Å². The summed E-state index contributed by atoms with van der Waals surface area (Å²) in [5, 5.41) is 22.6. The Labute approximate surface area is 212 Å². The Morgan fingerprint density at radius 3 is 2.29 bits per heavy atom. The summed E-state index contributed by atoms with van der Waals surface area (Å²) in [7, 11) is 0. The molecule has 3 nitrogen and oxygen atoms in total. The highest BCUT2D eigenvalue weighted by molar-refractivity contribution is 5.52. The lowest BCUT2D eigenvalue weighted by molar-refractivity contribution is -0.171. The average Bonchev–Trinajstić information content (AvgIpc) is 2.78. The number of rotatable bonds is 7. The van der Waals surface area contributed by atoms with Crippen molar-refractivity contribution in [3.63, 3.8) is 0 Å². The normalized spacial score (nSPS) is 32.1. The molecule has 2 aliphatic carbocycles. The van der Waals surface area contributed by atoms with Gasteiger partial charge in [-0.1, -0.05) is 69.7 Å². The first kappa shape index (κ1) is 26.0. The number of ether oxygens (including phenoxy) is 1. The molecule has 35 heavy (non-hydrogen) atoms. The minimum Gasteiger partial charge on any atom is -0.457 e. The van der Waals surface area contributed by atoms with Gasteiger partial charge >= 0.3 is 0 Å². The van der Waals surface area contributed by atoms with Gasteiger partial charge in [0, 0.05) is 0 Å². The predicted octanol–water partition coefficient (Wildman–Crippen LogP) is 8.02. The van der Waals surface area contributed by atoms with E-state index < -0.39 is 11.2 Å². The highest BCUT2D eigenvalue weighted by atomic mass is 16.5. The molecule has 0 aromatic heterocycles. The van der Waals surface area contributed by atoms with E-state index in [0.717, 1.165) is 36.3 Å². The van der Waals surface area contributed by atoms with E-state index in [9.17, 15) is 10.2 Å². The van der Waals surface area contributed by atoms with E-state index in [4.69, 9.17) is 4.74 Å². The Morgan fingerprint density at radius 1 is 0.943 bits per heavy atom. The number of hydrogen-bond acceptors (Lipinski definition) is 3. The van der Waals surface area contributed by atoms with E-state index in [1.807, 2.05) is 80.6 Å². The monoisotopic (exact) mass is 476 g/mol. The molecule has 190 valence electrons. The van der Waals surface area contributed by atoms with Crippen molar-refractivity contribution >= 4 is 6.08 Å². The molecule has 0 aliphatic heterocycles. The van der Waals surface area contributed by atoms with Gasteiger partial charge < -0.3 is 14.9 Å². The maximum atomic E-state index is 11.4. The van der Waals surface area contributed by atoms with Crippen molar-refractivity contribution in [3.05, 3.63) is 66.2 Å². The van der Waals surface area contributed by atoms with Gasteiger partial charge in [0.25, 0.3) is 0 Å². The molecular weight excluding hydrogens is 432 g/mol. The molecule has 0 amide bonds. The first-order valence-corrected chi connectivity index (χ1v) is 13.4. The number of benzene rings is 2. The Hall–Kier alpha value is -2.10. The third-order valence-electron chi connectivity index (χ3n) is 9.19. The summed E-state index contributed by atoms with van der Waals surface area (Å²) in [6, 6.07) is 17.7. The van der Waals surface area contributed by atoms with Gasteiger partial charge in [-0.25, -0.2) is 0 Å². The molecule has 0 bridgehead atoms. The lowest BCUT2D eigenvalue weighted by Crippen LogP contribution is -2.57. The SMILES string of the molecule is CC1(C)CCC[C@]2(C)[C@@H](CC[C@@](C)(O)/C=C/c3ccc(Oc4ccccc4)cc3)[C@](C)(O)CC[C@@H]12. The zero-order valence-electron chi connectivity index (χ0n) is 22.3. The second kappa shape index (κ2) is 9.75. The molecular formula is C32H44O3. The summed E-state index contributed by atoms with van der Waals surface area (Å²) < 4.78 is 5.87. The van der Waals surface area contributed by atoms with Crippen LogP contribution in [0.3, 0.4) is 0 Å². The molecule has 2 aromatic rings. The van der Waals surface area contributed by atoms with E-state index in [2.05, 4.69) is 20.8 Å². The smallest absolute Gasteiger partial charge is 0.127 e. The molecule has 3 heteroatoms. The highest BCUT2D eigenvalue weighted by Gasteiger charge is 2.57. The van der Waals surface area contributed by atoms with Gasteiger partial charge in [0.05, 0.1) is 11.2 Å². The number of para-hydroxylation sites is 1. The van der Waals surface area contributed by atoms with Crippen molar-refractivity contribution in [2.24, 2.45) is 22.7 Å². The second-order valence-corrected chi connectivity index (χ2v) is 12.6. The first-order chi connectivity index (χ1) is 16.4. The molecule has 2 fully saturated rings. The summed E-state index contributed by atoms with van der Waals surface area (Å²) in [5.74, 6) is 2.43. The Kier molecular flexibility index (Phi) is 7.23. The summed E-state index contributed by atoms with van der Waals surface area (Å²) in [6.45, 7) is 11.2. The molecule has 4 rings (SSSR count). The van der Waals surface area contributed by atoms with Gasteiger partial charge in [-0.15, -0.1) is 0 Å². The third kappa shape index (κ3) is 5.84. The zero-order chi connectivity index (χ0) is 25.3. The molecule has 2 aliphatic rings. The maximum absolute atomic E-state index is 11.4. The predicted molar refractivity (Wildman–Crippen MR) is 144 cm³/mol. The number of hydrogen-bond donors (Lipinski definition) is 2. The van der Waals surface area contributed by atoms with Crippen LogP contribution in [0.1, 0.15) is 85.1 Å². The molecule has 0 saturated heterocycles. The van der Waals surface area contributed by atoms with Gasteiger partial charge in [0.15, 0.2) is 0 Å². The van der Waals surface area contributed by atoms with Gasteiger partial charge in [-0.05, 0) is 105 Å². The fourth-order valence-corrected chi connectivity index (χ4v) is 7.33. The molecule has 2 saturated carbocycles. The van der Waals surface area contributed by atoms with Crippen LogP contribution >= 0.6 is 0 Å². The van der Waals surface area contributed by atoms with Crippen LogP contribution < -0.4 is 4.74 Å². The lowest BCUT2D eigenvalue weighted by atomic mass is 9.45. The largest absolute Gasteiger partial charge is 0.457 e. The van der Waals surface area contributed by atoms with Gasteiger partial charge in [0.2, 0.25) is 0 Å². The van der Waals surface area contributed by atoms with Crippen LogP contribution in [0.5, 0.6) is 11.5 Å². The van der Waals surface area contributed by atoms with Crippen molar-refractivity contribution in [2.75, 3.05) is 0 Å². The molecule has 2 aromatic carbocycles. The van der Waals surface area contributed by atoms with E-state index in [1.54, 1.807) is 0 Å². The Morgan fingerprint density at radius 2 is 1.60 bits per heavy atom. The fourth-order valence-electron chi connectivity index (χ4n) is 7.33. The van der Waals surface area contributed by atoms with E-state index >= 15 is 0 Å². The van der Waals surface area contributed by atoms with Gasteiger partial charge in [-0.3, -0.25) is 0 Å². The topological polar surface area (TPSA) is 49.7 Å². The first-order valence-electron chi connectivity index (χ1n) is 13.4. The van der Waals surface area contributed by atoms with Crippen LogP contribution in [0.15, 0.2) is 60.7 Å². The minimum absolute atomic E-state index is 0.123. The fraction of sp³-hybridized carbons (Fsp3) is 0.562. The van der Waals surface area contributed by atoms with Crippen molar-refractivity contribution in [3.8, 4) is 11.5 Å². The van der Waals surface area contributed by atoms with Crippen LogP contribution in [0.25, 0.3) is 6.08 Å². The highest BCUT2D eigenvalue weighted by Crippen LogP contribution is 2.63. The number of fused-ring (bicyclic) bond motifs is 1. The average molecular weight is 477 g/mol. The van der Waals surface area contributed by atoms with E-state index in [-0.39, 0.29) is 11.3 Å². The maximum Gasteiger partial charge on any atom is 0.127 e. The summed E-state index contributed by atoms with van der Waals surface area (Å²) in [4.78, 5) is 0. The van der Waals surface area contributed by atoms with Crippen LogP contribution in [-0.4, -0.2) is 21.4 Å². The molecule has 5 atom stereocenters.